The number of fused-ring (bicyclic) bond motifs is 1. The van der Waals surface area contributed by atoms with Gasteiger partial charge in [-0.25, -0.2) is 9.97 Å². The third kappa shape index (κ3) is 2.82. The van der Waals surface area contributed by atoms with Crippen molar-refractivity contribution in [1.82, 2.24) is 19.9 Å². The average Bonchev–Trinajstić information content (AvgIpc) is 3.05. The number of rotatable bonds is 5. The van der Waals surface area contributed by atoms with Crippen molar-refractivity contribution in [3.05, 3.63) is 17.6 Å². The molecule has 2 aromatic heterocycles. The van der Waals surface area contributed by atoms with Gasteiger partial charge >= 0.3 is 0 Å². The third-order valence-electron chi connectivity index (χ3n) is 4.83. The summed E-state index contributed by atoms with van der Waals surface area (Å²) in [7, 11) is 2.23. The van der Waals surface area contributed by atoms with Crippen molar-refractivity contribution in [2.75, 3.05) is 38.1 Å². The maximum Gasteiger partial charge on any atom is 0.143 e. The van der Waals surface area contributed by atoms with Crippen LogP contribution in [0.5, 0.6) is 0 Å². The molecule has 22 heavy (non-hydrogen) atoms. The fourth-order valence-electron chi connectivity index (χ4n) is 3.60. The molecule has 5 nitrogen and oxygen atoms in total. The van der Waals surface area contributed by atoms with E-state index in [0.29, 0.717) is 0 Å². The number of H-pyrrole nitrogens is 1. The molecule has 1 aliphatic rings. The molecule has 0 aliphatic carbocycles. The summed E-state index contributed by atoms with van der Waals surface area (Å²) in [6, 6.07) is 0. The van der Waals surface area contributed by atoms with Crippen molar-refractivity contribution >= 4 is 16.9 Å². The maximum atomic E-state index is 4.59. The van der Waals surface area contributed by atoms with Crippen LogP contribution >= 0.6 is 0 Å². The van der Waals surface area contributed by atoms with Crippen LogP contribution in [-0.2, 0) is 0 Å². The van der Waals surface area contributed by atoms with Gasteiger partial charge in [-0.15, -0.1) is 0 Å². The molecule has 120 valence electrons. The quantitative estimate of drug-likeness (QED) is 0.922. The molecule has 0 spiro atoms. The molecule has 0 saturated carbocycles. The molecule has 0 radical (unpaired) electrons. The van der Waals surface area contributed by atoms with E-state index < -0.39 is 0 Å². The standard InChI is InChI=1S/C17H27N5/c1-5-7-21(4)9-14-6-8-22(10-14)17-15-12(2)13(3)20-16(15)18-11-19-17/h11,14H,5-10H2,1-4H3,(H,18,19,20). The van der Waals surface area contributed by atoms with Crippen LogP contribution in [0.15, 0.2) is 6.33 Å². The molecule has 3 heterocycles. The Morgan fingerprint density at radius 2 is 2.18 bits per heavy atom. The smallest absolute Gasteiger partial charge is 0.143 e. The summed E-state index contributed by atoms with van der Waals surface area (Å²) in [5, 5.41) is 1.20. The van der Waals surface area contributed by atoms with Gasteiger partial charge in [0.2, 0.25) is 0 Å². The Labute approximate surface area is 132 Å². The van der Waals surface area contributed by atoms with E-state index in [0.717, 1.165) is 30.5 Å². The predicted octanol–water partition coefficient (Wildman–Crippen LogP) is 2.74. The second-order valence-corrected chi connectivity index (χ2v) is 6.66. The van der Waals surface area contributed by atoms with Crippen LogP contribution in [0, 0.1) is 19.8 Å². The topological polar surface area (TPSA) is 48.1 Å². The number of hydrogen-bond acceptors (Lipinski definition) is 4. The van der Waals surface area contributed by atoms with Crippen molar-refractivity contribution < 1.29 is 0 Å². The Morgan fingerprint density at radius 3 is 2.95 bits per heavy atom. The van der Waals surface area contributed by atoms with Crippen molar-refractivity contribution in [1.29, 1.82) is 0 Å². The Balaban J connectivity index is 1.79. The van der Waals surface area contributed by atoms with Gasteiger partial charge < -0.3 is 14.8 Å². The van der Waals surface area contributed by atoms with E-state index >= 15 is 0 Å². The zero-order chi connectivity index (χ0) is 15.7. The minimum absolute atomic E-state index is 0.738. The highest BCUT2D eigenvalue weighted by Crippen LogP contribution is 2.31. The number of anilines is 1. The minimum Gasteiger partial charge on any atom is -0.356 e. The van der Waals surface area contributed by atoms with Crippen molar-refractivity contribution in [3.63, 3.8) is 0 Å². The summed E-state index contributed by atoms with van der Waals surface area (Å²) in [6.45, 7) is 11.1. The number of aryl methyl sites for hydroxylation is 2. The Bertz CT molecular complexity index is 648. The summed E-state index contributed by atoms with van der Waals surface area (Å²) in [5.41, 5.74) is 3.43. The molecular formula is C17H27N5. The lowest BCUT2D eigenvalue weighted by Crippen LogP contribution is -2.29. The second-order valence-electron chi connectivity index (χ2n) is 6.66. The van der Waals surface area contributed by atoms with Gasteiger partial charge in [-0.05, 0) is 51.8 Å². The van der Waals surface area contributed by atoms with Crippen LogP contribution in [0.1, 0.15) is 31.0 Å². The first-order valence-corrected chi connectivity index (χ1v) is 8.33. The first-order valence-electron chi connectivity index (χ1n) is 8.33. The molecule has 3 rings (SSSR count). The molecule has 5 heteroatoms. The van der Waals surface area contributed by atoms with Gasteiger partial charge in [0.05, 0.1) is 5.39 Å². The van der Waals surface area contributed by atoms with Gasteiger partial charge in [0.1, 0.15) is 17.8 Å². The summed E-state index contributed by atoms with van der Waals surface area (Å²) >= 11 is 0. The Kier molecular flexibility index (Phi) is 4.34. The molecule has 2 aromatic rings. The van der Waals surface area contributed by atoms with Crippen LogP contribution < -0.4 is 4.90 Å². The summed E-state index contributed by atoms with van der Waals surface area (Å²) < 4.78 is 0. The molecule has 1 fully saturated rings. The van der Waals surface area contributed by atoms with Crippen molar-refractivity contribution in [2.45, 2.75) is 33.6 Å². The molecule has 1 N–H and O–H groups in total. The highest BCUT2D eigenvalue weighted by atomic mass is 15.2. The van der Waals surface area contributed by atoms with Gasteiger partial charge in [-0.1, -0.05) is 6.92 Å². The normalized spacial score (nSPS) is 18.8. The summed E-state index contributed by atoms with van der Waals surface area (Å²) in [5.74, 6) is 1.84. The van der Waals surface area contributed by atoms with Crippen molar-refractivity contribution in [2.24, 2.45) is 5.92 Å². The van der Waals surface area contributed by atoms with Crippen molar-refractivity contribution in [3.8, 4) is 0 Å². The molecular weight excluding hydrogens is 274 g/mol. The van der Waals surface area contributed by atoms with Gasteiger partial charge in [-0.2, -0.15) is 0 Å². The summed E-state index contributed by atoms with van der Waals surface area (Å²) in [6.07, 6.45) is 4.16. The zero-order valence-corrected chi connectivity index (χ0v) is 14.2. The van der Waals surface area contributed by atoms with Gasteiger partial charge in [0, 0.05) is 25.3 Å². The highest BCUT2D eigenvalue weighted by Gasteiger charge is 2.26. The number of aromatic amines is 1. The number of hydrogen-bond donors (Lipinski definition) is 1. The van der Waals surface area contributed by atoms with E-state index in [9.17, 15) is 0 Å². The number of nitrogens with one attached hydrogen (secondary N) is 1. The first kappa shape index (κ1) is 15.3. The van der Waals surface area contributed by atoms with E-state index in [1.807, 2.05) is 0 Å². The molecule has 0 bridgehead atoms. The number of nitrogens with zero attached hydrogens (tertiary/aromatic N) is 4. The lowest BCUT2D eigenvalue weighted by molar-refractivity contribution is 0.287. The van der Waals surface area contributed by atoms with Crippen LogP contribution in [0.25, 0.3) is 11.0 Å². The van der Waals surface area contributed by atoms with Gasteiger partial charge in [-0.3, -0.25) is 0 Å². The summed E-state index contributed by atoms with van der Waals surface area (Å²) in [4.78, 5) is 17.2. The SMILES string of the molecule is CCCN(C)CC1CCN(c2ncnc3[nH]c(C)c(C)c23)C1. The highest BCUT2D eigenvalue weighted by molar-refractivity contribution is 5.91. The molecule has 1 saturated heterocycles. The van der Waals surface area contributed by atoms with Gasteiger partial charge in [0.15, 0.2) is 0 Å². The first-order chi connectivity index (χ1) is 10.6. The Hall–Kier alpha value is -1.62. The van der Waals surface area contributed by atoms with Crippen LogP contribution in [-0.4, -0.2) is 53.1 Å². The molecule has 1 aliphatic heterocycles. The predicted molar refractivity (Wildman–Crippen MR) is 91.5 cm³/mol. The van der Waals surface area contributed by atoms with Crippen LogP contribution in [0.3, 0.4) is 0 Å². The van der Waals surface area contributed by atoms with E-state index in [-0.39, 0.29) is 0 Å². The minimum atomic E-state index is 0.738. The molecule has 0 aromatic carbocycles. The molecule has 1 unspecified atom stereocenters. The van der Waals surface area contributed by atoms with Crippen LogP contribution in [0.2, 0.25) is 0 Å². The fourth-order valence-corrected chi connectivity index (χ4v) is 3.60. The number of aromatic nitrogens is 3. The third-order valence-corrected chi connectivity index (χ3v) is 4.83. The fraction of sp³-hybridized carbons (Fsp3) is 0.647. The molecule has 0 amide bonds. The lowest BCUT2D eigenvalue weighted by atomic mass is 10.1. The molecule has 1 atom stereocenters. The maximum absolute atomic E-state index is 4.59. The Morgan fingerprint density at radius 1 is 1.36 bits per heavy atom. The van der Waals surface area contributed by atoms with Gasteiger partial charge in [0.25, 0.3) is 0 Å². The zero-order valence-electron chi connectivity index (χ0n) is 14.2. The monoisotopic (exact) mass is 301 g/mol. The van der Waals surface area contributed by atoms with Crippen LogP contribution in [0.4, 0.5) is 5.82 Å². The second kappa shape index (κ2) is 6.24. The largest absolute Gasteiger partial charge is 0.356 e. The van der Waals surface area contributed by atoms with E-state index in [2.05, 4.69) is 52.6 Å². The lowest BCUT2D eigenvalue weighted by Gasteiger charge is -2.22. The van der Waals surface area contributed by atoms with E-state index in [1.54, 1.807) is 6.33 Å². The average molecular weight is 301 g/mol. The van der Waals surface area contributed by atoms with E-state index in [4.69, 9.17) is 0 Å². The van der Waals surface area contributed by atoms with E-state index in [1.165, 1.54) is 42.6 Å².